The van der Waals surface area contributed by atoms with Crippen LogP contribution in [0.4, 0.5) is 9.59 Å². The van der Waals surface area contributed by atoms with Crippen LogP contribution in [0.15, 0.2) is 0 Å². The molecule has 8 heteroatoms. The van der Waals surface area contributed by atoms with Crippen LogP contribution in [0.3, 0.4) is 0 Å². The number of carbonyl (C=O) groups excluding carboxylic acids is 3. The maximum Gasteiger partial charge on any atom is 0.411 e. The number of aldehydes is 1. The van der Waals surface area contributed by atoms with Gasteiger partial charge in [-0.05, 0) is 91.9 Å². The lowest BCUT2D eigenvalue weighted by atomic mass is 9.85. The molecule has 4 rings (SSSR count). The number of nitrogens with zero attached hydrogens (tertiary/aromatic N) is 2. The number of ether oxygens (including phenoxy) is 2. The summed E-state index contributed by atoms with van der Waals surface area (Å²) in [6.45, 7) is 11.3. The molecule has 2 amide bonds. The highest BCUT2D eigenvalue weighted by atomic mass is 16.6. The van der Waals surface area contributed by atoms with E-state index >= 15 is 0 Å². The van der Waals surface area contributed by atoms with E-state index in [0.29, 0.717) is 11.8 Å². The van der Waals surface area contributed by atoms with Gasteiger partial charge in [0.15, 0.2) is 0 Å². The van der Waals surface area contributed by atoms with Gasteiger partial charge in [-0.1, -0.05) is 25.7 Å². The zero-order chi connectivity index (χ0) is 26.7. The van der Waals surface area contributed by atoms with Gasteiger partial charge in [-0.3, -0.25) is 9.80 Å². The summed E-state index contributed by atoms with van der Waals surface area (Å²) in [5.41, 5.74) is -0.971. The third-order valence-corrected chi connectivity index (χ3v) is 7.90. The van der Waals surface area contributed by atoms with Gasteiger partial charge >= 0.3 is 12.2 Å². The highest BCUT2D eigenvalue weighted by Gasteiger charge is 2.47. The van der Waals surface area contributed by atoms with Crippen LogP contribution in [0.5, 0.6) is 0 Å². The van der Waals surface area contributed by atoms with Crippen LogP contribution in [0.1, 0.15) is 106 Å². The minimum absolute atomic E-state index is 0.0479. The molecule has 2 aliphatic carbocycles. The molecule has 0 aromatic carbocycles. The molecule has 36 heavy (non-hydrogen) atoms. The number of aliphatic hydroxyl groups excluding tert-OH is 1. The van der Waals surface area contributed by atoms with E-state index < -0.39 is 11.2 Å². The van der Waals surface area contributed by atoms with Gasteiger partial charge in [-0.2, -0.15) is 0 Å². The second kappa shape index (κ2) is 11.7. The van der Waals surface area contributed by atoms with Crippen molar-refractivity contribution in [1.29, 1.82) is 0 Å². The predicted molar refractivity (Wildman–Crippen MR) is 138 cm³/mol. The quantitative estimate of drug-likeness (QED) is 0.509. The summed E-state index contributed by atoms with van der Waals surface area (Å²) in [5, 5.41) is 9.48. The first-order valence-corrected chi connectivity index (χ1v) is 13.9. The Morgan fingerprint density at radius 2 is 1.22 bits per heavy atom. The molecule has 2 aliphatic heterocycles. The van der Waals surface area contributed by atoms with Crippen molar-refractivity contribution in [3.05, 3.63) is 0 Å². The number of amides is 2. The van der Waals surface area contributed by atoms with Crippen molar-refractivity contribution in [2.24, 2.45) is 11.8 Å². The molecule has 2 heterocycles. The Kier molecular flexibility index (Phi) is 9.34. The molecule has 0 bridgehead atoms. The van der Waals surface area contributed by atoms with Crippen molar-refractivity contribution in [2.75, 3.05) is 6.61 Å². The lowest BCUT2D eigenvalue weighted by Crippen LogP contribution is -2.46. The highest BCUT2D eigenvalue weighted by Crippen LogP contribution is 2.41. The molecule has 0 unspecified atom stereocenters. The summed E-state index contributed by atoms with van der Waals surface area (Å²) in [6, 6.07) is 0.162. The molecule has 8 nitrogen and oxygen atoms in total. The maximum atomic E-state index is 12.3. The van der Waals surface area contributed by atoms with Crippen molar-refractivity contribution in [3.63, 3.8) is 0 Å². The molecular formula is C28H48N2O6. The molecule has 4 aliphatic rings. The van der Waals surface area contributed by atoms with E-state index in [1.807, 2.05) is 46.4 Å². The standard InChI is InChI=1S/C14H25NO3.C14H23NO3/c2*1-14(2,3)18-13(17)15-11(9-16)8-10-6-4-5-7-12(10)15/h10-12,16H,4-9H2,1-3H3;9-12H,4-8H2,1-3H3/t2*10-,11-,12-/m00/s1. The normalized spacial score (nSPS) is 32.1. The van der Waals surface area contributed by atoms with Crippen molar-refractivity contribution in [2.45, 2.75) is 141 Å². The summed E-state index contributed by atoms with van der Waals surface area (Å²) in [6.07, 6.45) is 11.2. The Balaban J connectivity index is 0.000000201. The lowest BCUT2D eigenvalue weighted by Gasteiger charge is -2.34. The van der Waals surface area contributed by atoms with Crippen molar-refractivity contribution < 1.29 is 29.0 Å². The van der Waals surface area contributed by atoms with E-state index in [4.69, 9.17) is 9.47 Å². The molecule has 0 aromatic heterocycles. The summed E-state index contributed by atoms with van der Waals surface area (Å²) in [7, 11) is 0. The highest BCUT2D eigenvalue weighted by molar-refractivity contribution is 5.75. The molecule has 0 radical (unpaired) electrons. The Bertz CT molecular complexity index is 773. The molecule has 206 valence electrons. The first-order chi connectivity index (χ1) is 16.8. The summed E-state index contributed by atoms with van der Waals surface area (Å²) < 4.78 is 10.9. The maximum absolute atomic E-state index is 12.3. The number of hydrogen-bond acceptors (Lipinski definition) is 6. The summed E-state index contributed by atoms with van der Waals surface area (Å²) in [5.74, 6) is 1.05. The van der Waals surface area contributed by atoms with Gasteiger partial charge in [0.05, 0.1) is 18.7 Å². The average Bonchev–Trinajstić information content (AvgIpc) is 3.35. The Morgan fingerprint density at radius 3 is 1.69 bits per heavy atom. The van der Waals surface area contributed by atoms with E-state index in [9.17, 15) is 19.5 Å². The lowest BCUT2D eigenvalue weighted by molar-refractivity contribution is -0.112. The van der Waals surface area contributed by atoms with Crippen LogP contribution < -0.4 is 0 Å². The van der Waals surface area contributed by atoms with Gasteiger partial charge in [0, 0.05) is 12.1 Å². The predicted octanol–water partition coefficient (Wildman–Crippen LogP) is 5.30. The number of carbonyl (C=O) groups is 3. The molecule has 0 aromatic rings. The molecule has 1 N–H and O–H groups in total. The number of hydrogen-bond donors (Lipinski definition) is 1. The molecule has 6 atom stereocenters. The summed E-state index contributed by atoms with van der Waals surface area (Å²) in [4.78, 5) is 39.2. The van der Waals surface area contributed by atoms with Crippen molar-refractivity contribution in [3.8, 4) is 0 Å². The molecule has 2 saturated heterocycles. The van der Waals surface area contributed by atoms with Crippen LogP contribution in [0, 0.1) is 11.8 Å². The first-order valence-electron chi connectivity index (χ1n) is 13.9. The SMILES string of the molecule is CC(C)(C)OC(=O)N1[C@H](C=O)C[C@@H]2CCCC[C@@H]21.CC(C)(C)OC(=O)N1[C@H](CO)C[C@@H]2CCCC[C@@H]21. The fourth-order valence-corrected chi connectivity index (χ4v) is 6.53. The fraction of sp³-hybridized carbons (Fsp3) is 0.893. The van der Waals surface area contributed by atoms with E-state index in [1.165, 1.54) is 25.7 Å². The average molecular weight is 509 g/mol. The van der Waals surface area contributed by atoms with Gasteiger partial charge < -0.3 is 19.4 Å². The number of likely N-dealkylation sites (tertiary alicyclic amines) is 2. The zero-order valence-corrected chi connectivity index (χ0v) is 23.2. The summed E-state index contributed by atoms with van der Waals surface area (Å²) >= 11 is 0. The number of rotatable bonds is 2. The largest absolute Gasteiger partial charge is 0.444 e. The molecular weight excluding hydrogens is 460 g/mol. The Labute approximate surface area is 217 Å². The van der Waals surface area contributed by atoms with Gasteiger partial charge in [0.25, 0.3) is 0 Å². The third-order valence-electron chi connectivity index (χ3n) is 7.90. The van der Waals surface area contributed by atoms with E-state index in [-0.39, 0.29) is 43.0 Å². The van der Waals surface area contributed by atoms with Gasteiger partial charge in [-0.25, -0.2) is 9.59 Å². The smallest absolute Gasteiger partial charge is 0.411 e. The minimum atomic E-state index is -0.503. The van der Waals surface area contributed by atoms with E-state index in [2.05, 4.69) is 0 Å². The van der Waals surface area contributed by atoms with Crippen LogP contribution >= 0.6 is 0 Å². The zero-order valence-electron chi connectivity index (χ0n) is 23.2. The van der Waals surface area contributed by atoms with E-state index in [0.717, 1.165) is 44.8 Å². The van der Waals surface area contributed by atoms with Gasteiger partial charge in [0.1, 0.15) is 17.5 Å². The number of aliphatic hydroxyl groups is 1. The monoisotopic (exact) mass is 508 g/mol. The topological polar surface area (TPSA) is 96.4 Å². The Hall–Kier alpha value is -1.83. The fourth-order valence-electron chi connectivity index (χ4n) is 6.53. The van der Waals surface area contributed by atoms with Gasteiger partial charge in [-0.15, -0.1) is 0 Å². The third kappa shape index (κ3) is 7.14. The van der Waals surface area contributed by atoms with E-state index in [1.54, 1.807) is 4.90 Å². The second-order valence-electron chi connectivity index (χ2n) is 13.0. The van der Waals surface area contributed by atoms with Crippen LogP contribution in [-0.4, -0.2) is 75.4 Å². The van der Waals surface area contributed by atoms with Crippen LogP contribution in [0.25, 0.3) is 0 Å². The van der Waals surface area contributed by atoms with Crippen LogP contribution in [0.2, 0.25) is 0 Å². The molecule has 4 fully saturated rings. The Morgan fingerprint density at radius 1 is 0.778 bits per heavy atom. The van der Waals surface area contributed by atoms with Crippen molar-refractivity contribution in [1.82, 2.24) is 9.80 Å². The first kappa shape index (κ1) is 28.7. The molecule has 2 saturated carbocycles. The minimum Gasteiger partial charge on any atom is -0.444 e. The second-order valence-corrected chi connectivity index (χ2v) is 13.0. The number of fused-ring (bicyclic) bond motifs is 2. The molecule has 0 spiro atoms. The van der Waals surface area contributed by atoms with Crippen molar-refractivity contribution >= 4 is 18.5 Å². The van der Waals surface area contributed by atoms with Crippen LogP contribution in [-0.2, 0) is 14.3 Å². The van der Waals surface area contributed by atoms with Gasteiger partial charge in [0.2, 0.25) is 0 Å².